The number of ether oxygens (including phenoxy) is 1. The molecule has 0 aliphatic heterocycles. The minimum Gasteiger partial charge on any atom is -0.497 e. The van der Waals surface area contributed by atoms with E-state index in [1.54, 1.807) is 13.2 Å². The van der Waals surface area contributed by atoms with Gasteiger partial charge in [0.25, 0.3) is 0 Å². The van der Waals surface area contributed by atoms with Gasteiger partial charge in [-0.3, -0.25) is 4.79 Å². The van der Waals surface area contributed by atoms with Crippen LogP contribution in [0.4, 0.5) is 5.82 Å². The molecule has 0 unspecified atom stereocenters. The van der Waals surface area contributed by atoms with Crippen LogP contribution in [-0.2, 0) is 6.54 Å². The fourth-order valence-corrected chi connectivity index (χ4v) is 4.20. The van der Waals surface area contributed by atoms with E-state index >= 15 is 0 Å². The normalized spacial score (nSPS) is 11.0. The summed E-state index contributed by atoms with van der Waals surface area (Å²) in [6.07, 6.45) is 2.99. The van der Waals surface area contributed by atoms with Gasteiger partial charge in [-0.1, -0.05) is 30.3 Å². The molecule has 0 radical (unpaired) electrons. The highest BCUT2D eigenvalue weighted by molar-refractivity contribution is 5.79. The number of pyridine rings is 1. The minimum atomic E-state index is 0.0199. The van der Waals surface area contributed by atoms with Crippen LogP contribution in [0.3, 0.4) is 0 Å². The van der Waals surface area contributed by atoms with Crippen molar-refractivity contribution in [3.05, 3.63) is 107 Å². The Morgan fingerprint density at radius 1 is 0.944 bits per heavy atom. The maximum atomic E-state index is 12.3. The number of nitrogens with one attached hydrogen (secondary N) is 3. The lowest BCUT2D eigenvalue weighted by atomic mass is 10.1. The molecule has 7 heteroatoms. The molecule has 5 aromatic rings. The van der Waals surface area contributed by atoms with Crippen molar-refractivity contribution in [2.45, 2.75) is 13.0 Å². The fourth-order valence-electron chi connectivity index (χ4n) is 4.20. The van der Waals surface area contributed by atoms with Crippen molar-refractivity contribution in [1.29, 1.82) is 0 Å². The number of methoxy groups -OCH3 is 1. The Kier molecular flexibility index (Phi) is 7.10. The van der Waals surface area contributed by atoms with Gasteiger partial charge in [-0.05, 0) is 61.5 Å². The molecule has 3 N–H and O–H groups in total. The lowest BCUT2D eigenvalue weighted by Gasteiger charge is -2.09. The van der Waals surface area contributed by atoms with Gasteiger partial charge < -0.3 is 20.4 Å². The first-order valence-corrected chi connectivity index (χ1v) is 12.1. The van der Waals surface area contributed by atoms with Crippen molar-refractivity contribution < 1.29 is 4.74 Å². The molecule has 0 bridgehead atoms. The van der Waals surface area contributed by atoms with E-state index < -0.39 is 0 Å². The van der Waals surface area contributed by atoms with Crippen molar-refractivity contribution in [2.24, 2.45) is 0 Å². The number of nitrogens with zero attached hydrogens (tertiary/aromatic N) is 2. The average Bonchev–Trinajstić information content (AvgIpc) is 3.35. The van der Waals surface area contributed by atoms with E-state index in [1.807, 2.05) is 83.5 Å². The SMILES string of the molecule is COc1ccc(-c2nn(-c3ccccc3)cc2CNCCCNc2cc(=O)c3ccccc3[nH]2)cc1. The maximum Gasteiger partial charge on any atom is 0.191 e. The lowest BCUT2D eigenvalue weighted by molar-refractivity contribution is 0.415. The molecule has 36 heavy (non-hydrogen) atoms. The summed E-state index contributed by atoms with van der Waals surface area (Å²) in [5.74, 6) is 1.56. The van der Waals surface area contributed by atoms with Crippen LogP contribution in [-0.4, -0.2) is 35.0 Å². The molecule has 0 fully saturated rings. The average molecular weight is 480 g/mol. The van der Waals surface area contributed by atoms with Gasteiger partial charge in [0, 0.05) is 41.9 Å². The third kappa shape index (κ3) is 5.31. The number of benzene rings is 3. The molecular formula is C29H29N5O2. The zero-order valence-corrected chi connectivity index (χ0v) is 20.2. The van der Waals surface area contributed by atoms with E-state index in [9.17, 15) is 4.79 Å². The first-order valence-electron chi connectivity index (χ1n) is 12.1. The van der Waals surface area contributed by atoms with Crippen LogP contribution in [0, 0.1) is 0 Å². The first-order chi connectivity index (χ1) is 17.7. The van der Waals surface area contributed by atoms with Gasteiger partial charge in [-0.25, -0.2) is 4.68 Å². The quantitative estimate of drug-likeness (QED) is 0.246. The van der Waals surface area contributed by atoms with Crippen LogP contribution in [0.1, 0.15) is 12.0 Å². The number of fused-ring (bicyclic) bond motifs is 1. The Morgan fingerprint density at radius 2 is 1.72 bits per heavy atom. The highest BCUT2D eigenvalue weighted by Crippen LogP contribution is 2.26. The Labute approximate surface area is 209 Å². The van der Waals surface area contributed by atoms with Gasteiger partial charge in [0.05, 0.1) is 24.0 Å². The molecule has 0 aliphatic rings. The second-order valence-corrected chi connectivity index (χ2v) is 8.56. The summed E-state index contributed by atoms with van der Waals surface area (Å²) in [7, 11) is 1.67. The van der Waals surface area contributed by atoms with Gasteiger partial charge in [-0.2, -0.15) is 5.10 Å². The topological polar surface area (TPSA) is 84.0 Å². The summed E-state index contributed by atoms with van der Waals surface area (Å²) in [5.41, 5.74) is 4.99. The van der Waals surface area contributed by atoms with E-state index in [-0.39, 0.29) is 5.43 Å². The van der Waals surface area contributed by atoms with Crippen molar-refractivity contribution >= 4 is 16.7 Å². The smallest absolute Gasteiger partial charge is 0.191 e. The molecular weight excluding hydrogens is 450 g/mol. The molecule has 0 saturated heterocycles. The van der Waals surface area contributed by atoms with Gasteiger partial charge in [0.15, 0.2) is 5.43 Å². The minimum absolute atomic E-state index is 0.0199. The van der Waals surface area contributed by atoms with Crippen LogP contribution < -0.4 is 20.8 Å². The Morgan fingerprint density at radius 3 is 2.53 bits per heavy atom. The number of hydrogen-bond acceptors (Lipinski definition) is 5. The molecule has 0 saturated carbocycles. The van der Waals surface area contributed by atoms with Gasteiger partial charge in [0.2, 0.25) is 0 Å². The first kappa shape index (κ1) is 23.4. The summed E-state index contributed by atoms with van der Waals surface area (Å²) in [6, 6.07) is 27.3. The monoisotopic (exact) mass is 479 g/mol. The second kappa shape index (κ2) is 10.9. The van der Waals surface area contributed by atoms with Crippen molar-refractivity contribution in [3.63, 3.8) is 0 Å². The molecule has 2 aromatic heterocycles. The predicted molar refractivity (Wildman–Crippen MR) is 145 cm³/mol. The van der Waals surface area contributed by atoms with Crippen molar-refractivity contribution in [1.82, 2.24) is 20.1 Å². The van der Waals surface area contributed by atoms with Gasteiger partial charge >= 0.3 is 0 Å². The summed E-state index contributed by atoms with van der Waals surface area (Å²) in [4.78, 5) is 15.6. The molecule has 182 valence electrons. The van der Waals surface area contributed by atoms with E-state index in [4.69, 9.17) is 9.84 Å². The molecule has 5 rings (SSSR count). The highest BCUT2D eigenvalue weighted by Gasteiger charge is 2.12. The largest absolute Gasteiger partial charge is 0.497 e. The zero-order chi connectivity index (χ0) is 24.7. The number of H-pyrrole nitrogens is 1. The van der Waals surface area contributed by atoms with Crippen molar-refractivity contribution in [3.8, 4) is 22.7 Å². The van der Waals surface area contributed by atoms with Crippen molar-refractivity contribution in [2.75, 3.05) is 25.5 Å². The number of aromatic amines is 1. The number of hydrogen-bond donors (Lipinski definition) is 3. The Balaban J connectivity index is 1.22. The summed E-state index contributed by atoms with van der Waals surface area (Å²) >= 11 is 0. The van der Waals surface area contributed by atoms with E-state index in [0.29, 0.717) is 11.9 Å². The van der Waals surface area contributed by atoms with Crippen LogP contribution in [0.2, 0.25) is 0 Å². The van der Waals surface area contributed by atoms with Crippen LogP contribution in [0.25, 0.3) is 27.8 Å². The molecule has 0 amide bonds. The standard InChI is InChI=1S/C29H29N5O2/c1-36-24-14-12-21(13-15-24)29-22(20-34(33-29)23-8-3-2-4-9-23)19-30-16-7-17-31-28-18-27(35)25-10-5-6-11-26(25)32-28/h2-6,8-15,18,20,30H,7,16-17,19H2,1H3,(H2,31,32,35). The van der Waals surface area contributed by atoms with Crippen LogP contribution in [0.15, 0.2) is 95.9 Å². The van der Waals surface area contributed by atoms with Crippen LogP contribution >= 0.6 is 0 Å². The second-order valence-electron chi connectivity index (χ2n) is 8.56. The molecule has 0 aliphatic carbocycles. The Bertz CT molecular complexity index is 1490. The molecule has 0 spiro atoms. The third-order valence-electron chi connectivity index (χ3n) is 6.07. The fraction of sp³-hybridized carbons (Fsp3) is 0.172. The Hall–Kier alpha value is -4.36. The molecule has 0 atom stereocenters. The molecule has 7 nitrogen and oxygen atoms in total. The lowest BCUT2D eigenvalue weighted by Crippen LogP contribution is -2.18. The van der Waals surface area contributed by atoms with E-state index in [0.717, 1.165) is 59.1 Å². The van der Waals surface area contributed by atoms with Crippen LogP contribution in [0.5, 0.6) is 5.75 Å². The zero-order valence-electron chi connectivity index (χ0n) is 20.2. The number of anilines is 1. The summed E-state index contributed by atoms with van der Waals surface area (Å²) in [6.45, 7) is 2.26. The number of rotatable bonds is 10. The van der Waals surface area contributed by atoms with Gasteiger partial charge in [0.1, 0.15) is 11.6 Å². The predicted octanol–water partition coefficient (Wildman–Crippen LogP) is 4.98. The molecule has 2 heterocycles. The van der Waals surface area contributed by atoms with E-state index in [2.05, 4.69) is 21.8 Å². The highest BCUT2D eigenvalue weighted by atomic mass is 16.5. The summed E-state index contributed by atoms with van der Waals surface area (Å²) in [5, 5.41) is 12.4. The maximum absolute atomic E-state index is 12.3. The number of para-hydroxylation sites is 2. The molecule has 3 aromatic carbocycles. The van der Waals surface area contributed by atoms with Gasteiger partial charge in [-0.15, -0.1) is 0 Å². The number of aromatic nitrogens is 3. The third-order valence-corrected chi connectivity index (χ3v) is 6.07. The van der Waals surface area contributed by atoms with E-state index in [1.165, 1.54) is 0 Å². The summed E-state index contributed by atoms with van der Waals surface area (Å²) < 4.78 is 7.23.